The number of sulfonamides is 1. The van der Waals surface area contributed by atoms with Crippen molar-refractivity contribution in [2.45, 2.75) is 24.7 Å². The molecule has 2 aliphatic rings. The van der Waals surface area contributed by atoms with Crippen LogP contribution < -0.4 is 10.2 Å². The number of benzene rings is 2. The predicted octanol–water partition coefficient (Wildman–Crippen LogP) is 2.64. The van der Waals surface area contributed by atoms with Gasteiger partial charge in [0, 0.05) is 44.7 Å². The van der Waals surface area contributed by atoms with E-state index in [0.29, 0.717) is 24.6 Å². The number of hydrogen-bond acceptors (Lipinski definition) is 5. The van der Waals surface area contributed by atoms with Crippen LogP contribution in [0.3, 0.4) is 0 Å². The lowest BCUT2D eigenvalue weighted by molar-refractivity contribution is -0.131. The van der Waals surface area contributed by atoms with Crippen LogP contribution >= 0.6 is 0 Å². The van der Waals surface area contributed by atoms with Crippen LogP contribution in [0.2, 0.25) is 0 Å². The molecule has 0 aliphatic carbocycles. The molecule has 1 amide bonds. The molecule has 7 nitrogen and oxygen atoms in total. The number of piperazine rings is 1. The maximum atomic E-state index is 12.6. The van der Waals surface area contributed by atoms with Crippen molar-refractivity contribution in [3.05, 3.63) is 54.1 Å². The first-order valence-corrected chi connectivity index (χ1v) is 11.2. The second-order valence-corrected chi connectivity index (χ2v) is 8.91. The zero-order chi connectivity index (χ0) is 20.4. The second-order valence-electron chi connectivity index (χ2n) is 7.34. The van der Waals surface area contributed by atoms with Crippen molar-refractivity contribution in [2.75, 3.05) is 36.4 Å². The van der Waals surface area contributed by atoms with Gasteiger partial charge in [0.15, 0.2) is 0 Å². The maximum Gasteiger partial charge on any atom is 0.286 e. The van der Waals surface area contributed by atoms with Gasteiger partial charge in [-0.3, -0.25) is 4.79 Å². The molecule has 2 aliphatic heterocycles. The van der Waals surface area contributed by atoms with Crippen LogP contribution in [0.1, 0.15) is 18.4 Å². The van der Waals surface area contributed by atoms with E-state index in [4.69, 9.17) is 0 Å². The highest BCUT2D eigenvalue weighted by atomic mass is 32.2. The number of carbonyl (C=O) groups is 1. The molecule has 29 heavy (non-hydrogen) atoms. The summed E-state index contributed by atoms with van der Waals surface area (Å²) in [5, 5.41) is 3.07. The number of amides is 1. The summed E-state index contributed by atoms with van der Waals surface area (Å²) in [6.07, 6.45) is 0.498. The first kappa shape index (κ1) is 19.4. The van der Waals surface area contributed by atoms with E-state index in [-0.39, 0.29) is 23.6 Å². The fourth-order valence-electron chi connectivity index (χ4n) is 3.68. The van der Waals surface area contributed by atoms with Gasteiger partial charge >= 0.3 is 0 Å². The lowest BCUT2D eigenvalue weighted by Crippen LogP contribution is -2.48. The van der Waals surface area contributed by atoms with Crippen LogP contribution in [0, 0.1) is 6.92 Å². The molecule has 0 spiro atoms. The van der Waals surface area contributed by atoms with E-state index in [2.05, 4.69) is 26.7 Å². The molecule has 0 atom stereocenters. The Morgan fingerprint density at radius 1 is 1.07 bits per heavy atom. The van der Waals surface area contributed by atoms with Gasteiger partial charge in [-0.1, -0.05) is 24.3 Å². The van der Waals surface area contributed by atoms with Crippen LogP contribution in [-0.4, -0.2) is 51.2 Å². The number of carbonyl (C=O) groups excluding carboxylic acids is 1. The van der Waals surface area contributed by atoms with Gasteiger partial charge in [0.2, 0.25) is 5.91 Å². The molecule has 8 heteroatoms. The zero-order valence-corrected chi connectivity index (χ0v) is 17.2. The molecule has 1 fully saturated rings. The van der Waals surface area contributed by atoms with Gasteiger partial charge in [0.05, 0.1) is 5.69 Å². The molecular weight excluding hydrogens is 388 g/mol. The molecular formula is C21H24N4O3S. The summed E-state index contributed by atoms with van der Waals surface area (Å²) in [6, 6.07) is 15.3. The summed E-state index contributed by atoms with van der Waals surface area (Å²) in [4.78, 5) is 16.9. The lowest BCUT2D eigenvalue weighted by atomic mass is 10.2. The van der Waals surface area contributed by atoms with Crippen LogP contribution in [0.15, 0.2) is 57.8 Å². The van der Waals surface area contributed by atoms with Gasteiger partial charge in [-0.25, -0.2) is 0 Å². The van der Waals surface area contributed by atoms with Crippen LogP contribution in [-0.2, 0) is 14.8 Å². The number of amidine groups is 1. The molecule has 152 valence electrons. The van der Waals surface area contributed by atoms with Gasteiger partial charge in [-0.15, -0.1) is 4.40 Å². The minimum atomic E-state index is -3.72. The Morgan fingerprint density at radius 2 is 1.79 bits per heavy atom. The number of nitrogens with one attached hydrogen (secondary N) is 1. The highest BCUT2D eigenvalue weighted by Crippen LogP contribution is 2.28. The fraction of sp³-hybridized carbons (Fsp3) is 0.333. The summed E-state index contributed by atoms with van der Waals surface area (Å²) >= 11 is 0. The van der Waals surface area contributed by atoms with Crippen LogP contribution in [0.25, 0.3) is 0 Å². The molecule has 0 aromatic heterocycles. The summed E-state index contributed by atoms with van der Waals surface area (Å²) in [7, 11) is -3.72. The molecule has 0 saturated carbocycles. The van der Waals surface area contributed by atoms with Crippen molar-refractivity contribution >= 4 is 33.1 Å². The Bertz CT molecular complexity index is 1040. The first-order chi connectivity index (χ1) is 13.9. The summed E-state index contributed by atoms with van der Waals surface area (Å²) in [5.41, 5.74) is 2.65. The van der Waals surface area contributed by atoms with Crippen LogP contribution in [0.5, 0.6) is 0 Å². The average molecular weight is 413 g/mol. The molecule has 2 aromatic rings. The van der Waals surface area contributed by atoms with Crippen molar-refractivity contribution in [3.8, 4) is 0 Å². The quantitative estimate of drug-likeness (QED) is 0.835. The lowest BCUT2D eigenvalue weighted by Gasteiger charge is -2.36. The Balaban J connectivity index is 1.34. The topological polar surface area (TPSA) is 82.1 Å². The Labute approximate surface area is 171 Å². The smallest absolute Gasteiger partial charge is 0.286 e. The van der Waals surface area contributed by atoms with Gasteiger partial charge in [-0.05, 0) is 36.8 Å². The zero-order valence-electron chi connectivity index (χ0n) is 16.3. The number of fused-ring (bicyclic) bond motifs is 1. The summed E-state index contributed by atoms with van der Waals surface area (Å²) in [6.45, 7) is 4.80. The molecule has 1 N–H and O–H groups in total. The molecule has 0 radical (unpaired) electrons. The highest BCUT2D eigenvalue weighted by Gasteiger charge is 2.26. The number of aryl methyl sites for hydroxylation is 1. The third-order valence-electron chi connectivity index (χ3n) is 5.25. The molecule has 2 heterocycles. The second kappa shape index (κ2) is 7.87. The van der Waals surface area contributed by atoms with Crippen LogP contribution in [0.4, 0.5) is 11.4 Å². The van der Waals surface area contributed by atoms with E-state index in [0.717, 1.165) is 18.7 Å². The van der Waals surface area contributed by atoms with E-state index in [1.807, 2.05) is 30.0 Å². The average Bonchev–Trinajstić information content (AvgIpc) is 2.72. The third kappa shape index (κ3) is 4.27. The molecule has 0 bridgehead atoms. The minimum Gasteiger partial charge on any atom is -0.368 e. The summed E-state index contributed by atoms with van der Waals surface area (Å²) in [5.74, 6) is 0.342. The predicted molar refractivity (Wildman–Crippen MR) is 114 cm³/mol. The normalized spacial score (nSPS) is 17.9. The van der Waals surface area contributed by atoms with Crippen molar-refractivity contribution in [2.24, 2.45) is 4.40 Å². The Hall–Kier alpha value is -2.87. The van der Waals surface area contributed by atoms with E-state index in [9.17, 15) is 13.2 Å². The van der Waals surface area contributed by atoms with Gasteiger partial charge < -0.3 is 15.1 Å². The van der Waals surface area contributed by atoms with Crippen molar-refractivity contribution in [1.82, 2.24) is 4.90 Å². The number of nitrogens with zero attached hydrogens (tertiary/aromatic N) is 3. The number of rotatable bonds is 4. The fourth-order valence-corrected chi connectivity index (χ4v) is 4.84. The molecule has 2 aromatic carbocycles. The van der Waals surface area contributed by atoms with Gasteiger partial charge in [-0.2, -0.15) is 8.42 Å². The highest BCUT2D eigenvalue weighted by molar-refractivity contribution is 7.90. The third-order valence-corrected chi connectivity index (χ3v) is 6.62. The standard InChI is InChI=1S/C21H24N4O3S/c1-16-7-8-19-18(15-16)22-20(23-29(19,27)28)9-10-21(26)25-13-11-24(12-14-25)17-5-3-2-4-6-17/h2-8,15H,9-14H2,1H3,(H,22,23). The Morgan fingerprint density at radius 3 is 2.52 bits per heavy atom. The Kier molecular flexibility index (Phi) is 5.27. The SMILES string of the molecule is Cc1ccc2c(c1)NC(CCC(=O)N1CCN(c3ccccc3)CC1)=NS2(=O)=O. The molecule has 0 unspecified atom stereocenters. The monoisotopic (exact) mass is 412 g/mol. The van der Waals surface area contributed by atoms with Gasteiger partial charge in [0.25, 0.3) is 10.0 Å². The van der Waals surface area contributed by atoms with E-state index < -0.39 is 10.0 Å². The van der Waals surface area contributed by atoms with E-state index in [1.54, 1.807) is 18.2 Å². The molecule has 1 saturated heterocycles. The minimum absolute atomic E-state index is 0.0228. The number of anilines is 2. The van der Waals surface area contributed by atoms with Crippen molar-refractivity contribution in [3.63, 3.8) is 0 Å². The van der Waals surface area contributed by atoms with Gasteiger partial charge in [0.1, 0.15) is 10.7 Å². The molecule has 4 rings (SSSR count). The van der Waals surface area contributed by atoms with E-state index >= 15 is 0 Å². The van der Waals surface area contributed by atoms with Crippen molar-refractivity contribution < 1.29 is 13.2 Å². The summed E-state index contributed by atoms with van der Waals surface area (Å²) < 4.78 is 28.6. The van der Waals surface area contributed by atoms with Crippen molar-refractivity contribution in [1.29, 1.82) is 0 Å². The maximum absolute atomic E-state index is 12.6. The number of hydrogen-bond donors (Lipinski definition) is 1. The largest absolute Gasteiger partial charge is 0.368 e. The van der Waals surface area contributed by atoms with E-state index in [1.165, 1.54) is 5.69 Å². The number of para-hydroxylation sites is 1. The first-order valence-electron chi connectivity index (χ1n) is 9.72.